The van der Waals surface area contributed by atoms with Gasteiger partial charge in [0.2, 0.25) is 0 Å². The van der Waals surface area contributed by atoms with E-state index in [4.69, 9.17) is 10.8 Å². The number of halogens is 3. The van der Waals surface area contributed by atoms with E-state index in [0.29, 0.717) is 11.1 Å². The first-order valence-corrected chi connectivity index (χ1v) is 7.97. The zero-order valence-corrected chi connectivity index (χ0v) is 14.2. The molecule has 3 N–H and O–H groups in total. The summed E-state index contributed by atoms with van der Waals surface area (Å²) in [4.78, 5) is 14.9. The SMILES string of the molecule is NC(=NC/C=C\CC1=C=CC=CC(C(F)(F)F)=C1)c1ccc(C(=O)O)cc1. The third-order valence-electron chi connectivity index (χ3n) is 3.60. The van der Waals surface area contributed by atoms with Gasteiger partial charge in [-0.2, -0.15) is 13.2 Å². The van der Waals surface area contributed by atoms with E-state index in [0.717, 1.165) is 12.2 Å². The lowest BCUT2D eigenvalue weighted by Gasteiger charge is -2.06. The Balaban J connectivity index is 1.94. The molecule has 0 spiro atoms. The summed E-state index contributed by atoms with van der Waals surface area (Å²) in [5, 5.41) is 8.85. The van der Waals surface area contributed by atoms with Crippen LogP contribution in [0.3, 0.4) is 0 Å². The van der Waals surface area contributed by atoms with Crippen molar-refractivity contribution in [3.8, 4) is 0 Å². The molecule has 0 saturated heterocycles. The Hall–Kier alpha value is -3.31. The Labute approximate surface area is 154 Å². The lowest BCUT2D eigenvalue weighted by molar-refractivity contribution is -0.0882. The molecule has 0 amide bonds. The van der Waals surface area contributed by atoms with Crippen LogP contribution in [-0.4, -0.2) is 29.6 Å². The van der Waals surface area contributed by atoms with Gasteiger partial charge in [0, 0.05) is 5.56 Å². The minimum atomic E-state index is -4.40. The molecule has 0 unspecified atom stereocenters. The van der Waals surface area contributed by atoms with Gasteiger partial charge in [0.15, 0.2) is 0 Å². The lowest BCUT2D eigenvalue weighted by atomic mass is 10.1. The second-order valence-electron chi connectivity index (χ2n) is 5.58. The van der Waals surface area contributed by atoms with E-state index in [1.807, 2.05) is 0 Å². The number of nitrogens with two attached hydrogens (primary N) is 1. The number of aromatic carboxylic acids is 1. The number of aliphatic imine (C=N–C) groups is 1. The maximum atomic E-state index is 12.8. The summed E-state index contributed by atoms with van der Waals surface area (Å²) in [6.07, 6.45) is 4.06. The van der Waals surface area contributed by atoms with E-state index in [9.17, 15) is 18.0 Å². The number of amidine groups is 1. The number of rotatable bonds is 6. The van der Waals surface area contributed by atoms with Crippen LogP contribution in [-0.2, 0) is 0 Å². The third-order valence-corrected chi connectivity index (χ3v) is 3.60. The fourth-order valence-electron chi connectivity index (χ4n) is 2.19. The highest BCUT2D eigenvalue weighted by Crippen LogP contribution is 2.28. The Morgan fingerprint density at radius 2 is 1.85 bits per heavy atom. The van der Waals surface area contributed by atoms with Crippen molar-refractivity contribution < 1.29 is 23.1 Å². The average molecular weight is 374 g/mol. The fourth-order valence-corrected chi connectivity index (χ4v) is 2.19. The molecular formula is C20H17F3N2O2. The Kier molecular flexibility index (Phi) is 6.57. The van der Waals surface area contributed by atoms with E-state index in [1.54, 1.807) is 24.3 Å². The lowest BCUT2D eigenvalue weighted by Crippen LogP contribution is -2.14. The Bertz CT molecular complexity index is 883. The molecule has 1 aliphatic rings. The van der Waals surface area contributed by atoms with Gasteiger partial charge in [-0.15, -0.1) is 5.73 Å². The number of hydrogen-bond acceptors (Lipinski definition) is 2. The van der Waals surface area contributed by atoms with Gasteiger partial charge in [0.05, 0.1) is 17.7 Å². The third kappa shape index (κ3) is 6.17. The van der Waals surface area contributed by atoms with Crippen molar-refractivity contribution in [2.24, 2.45) is 10.7 Å². The van der Waals surface area contributed by atoms with Crippen molar-refractivity contribution >= 4 is 11.8 Å². The molecule has 1 aromatic rings. The van der Waals surface area contributed by atoms with Crippen molar-refractivity contribution in [1.29, 1.82) is 0 Å². The maximum Gasteiger partial charge on any atom is 0.416 e. The molecule has 1 aliphatic carbocycles. The molecule has 1 aromatic carbocycles. The van der Waals surface area contributed by atoms with Crippen LogP contribution in [0.5, 0.6) is 0 Å². The molecule has 140 valence electrons. The van der Waals surface area contributed by atoms with Crippen LogP contribution in [0.15, 0.2) is 82.6 Å². The zero-order valence-electron chi connectivity index (χ0n) is 14.2. The molecule has 0 heterocycles. The van der Waals surface area contributed by atoms with E-state index >= 15 is 0 Å². The van der Waals surface area contributed by atoms with Crippen molar-refractivity contribution in [2.45, 2.75) is 12.6 Å². The number of nitrogens with zero attached hydrogens (tertiary/aromatic N) is 1. The topological polar surface area (TPSA) is 75.7 Å². The van der Waals surface area contributed by atoms with E-state index in [-0.39, 0.29) is 24.4 Å². The van der Waals surface area contributed by atoms with Gasteiger partial charge in [-0.3, -0.25) is 4.99 Å². The van der Waals surface area contributed by atoms with Crippen LogP contribution in [0.25, 0.3) is 0 Å². The highest BCUT2D eigenvalue weighted by molar-refractivity contribution is 5.98. The molecule has 7 heteroatoms. The van der Waals surface area contributed by atoms with Crippen LogP contribution in [0.1, 0.15) is 22.3 Å². The Morgan fingerprint density at radius 3 is 2.48 bits per heavy atom. The minimum absolute atomic E-state index is 0.150. The summed E-state index contributed by atoms with van der Waals surface area (Å²) in [6.45, 7) is 0.248. The van der Waals surface area contributed by atoms with Gasteiger partial charge in [-0.05, 0) is 42.4 Å². The maximum absolute atomic E-state index is 12.8. The van der Waals surface area contributed by atoms with Crippen molar-refractivity contribution in [3.63, 3.8) is 0 Å². The number of alkyl halides is 3. The molecule has 27 heavy (non-hydrogen) atoms. The number of carbonyl (C=O) groups is 1. The molecule has 0 aliphatic heterocycles. The van der Waals surface area contributed by atoms with Crippen LogP contribution >= 0.6 is 0 Å². The van der Waals surface area contributed by atoms with Gasteiger partial charge >= 0.3 is 12.1 Å². The molecule has 0 aromatic heterocycles. The first kappa shape index (κ1) is 20.0. The second kappa shape index (κ2) is 8.87. The van der Waals surface area contributed by atoms with Gasteiger partial charge in [-0.25, -0.2) is 4.79 Å². The standard InChI is InChI=1S/C20H17F3N2O2/c21-20(22,23)17-7-2-1-5-14(13-17)6-3-4-12-25-18(24)15-8-10-16(11-9-15)19(26)27/h1-4,7-11,13H,6,12H2,(H2,24,25)(H,26,27)/b4-3-. The molecule has 0 fully saturated rings. The quantitative estimate of drug-likeness (QED) is 0.340. The first-order valence-electron chi connectivity index (χ1n) is 7.97. The second-order valence-corrected chi connectivity index (χ2v) is 5.58. The summed E-state index contributed by atoms with van der Waals surface area (Å²) in [6, 6.07) is 5.98. The molecule has 0 saturated carbocycles. The monoisotopic (exact) mass is 374 g/mol. The summed E-state index contributed by atoms with van der Waals surface area (Å²) < 4.78 is 38.4. The predicted octanol–water partition coefficient (Wildman–Crippen LogP) is 4.18. The van der Waals surface area contributed by atoms with Gasteiger partial charge in [-0.1, -0.05) is 30.4 Å². The van der Waals surface area contributed by atoms with Crippen molar-refractivity contribution in [2.75, 3.05) is 6.54 Å². The number of hydrogen-bond donors (Lipinski definition) is 2. The van der Waals surface area contributed by atoms with E-state index in [1.165, 1.54) is 24.3 Å². The van der Waals surface area contributed by atoms with Crippen LogP contribution in [0.4, 0.5) is 13.2 Å². The number of carboxylic acids is 1. The normalized spacial score (nSPS) is 14.9. The fraction of sp³-hybridized carbons (Fsp3) is 0.150. The van der Waals surface area contributed by atoms with Gasteiger partial charge in [0.25, 0.3) is 0 Å². The molecule has 4 nitrogen and oxygen atoms in total. The average Bonchev–Trinajstić information content (AvgIpc) is 2.87. The molecule has 0 radical (unpaired) electrons. The summed E-state index contributed by atoms with van der Waals surface area (Å²) in [5.74, 6) is -0.784. The van der Waals surface area contributed by atoms with E-state index in [2.05, 4.69) is 10.7 Å². The molecule has 0 atom stereocenters. The summed E-state index contributed by atoms with van der Waals surface area (Å²) in [5.41, 5.74) is 9.05. The molecular weight excluding hydrogens is 357 g/mol. The molecule has 2 rings (SSSR count). The van der Waals surface area contributed by atoms with Crippen molar-refractivity contribution in [1.82, 2.24) is 0 Å². The Morgan fingerprint density at radius 1 is 1.19 bits per heavy atom. The number of benzene rings is 1. The van der Waals surface area contributed by atoms with Crippen LogP contribution < -0.4 is 5.73 Å². The van der Waals surface area contributed by atoms with Gasteiger partial charge < -0.3 is 10.8 Å². The molecule has 0 bridgehead atoms. The smallest absolute Gasteiger partial charge is 0.416 e. The number of carboxylic acid groups (broad SMARTS) is 1. The predicted molar refractivity (Wildman–Crippen MR) is 97.6 cm³/mol. The van der Waals surface area contributed by atoms with Crippen LogP contribution in [0.2, 0.25) is 0 Å². The largest absolute Gasteiger partial charge is 0.478 e. The minimum Gasteiger partial charge on any atom is -0.478 e. The summed E-state index contributed by atoms with van der Waals surface area (Å²) in [7, 11) is 0. The summed E-state index contributed by atoms with van der Waals surface area (Å²) >= 11 is 0. The first-order chi connectivity index (χ1) is 12.8. The van der Waals surface area contributed by atoms with Gasteiger partial charge in [0.1, 0.15) is 5.84 Å². The van der Waals surface area contributed by atoms with Crippen LogP contribution in [0, 0.1) is 0 Å². The van der Waals surface area contributed by atoms with E-state index < -0.39 is 17.7 Å². The van der Waals surface area contributed by atoms with Crippen molar-refractivity contribution in [3.05, 3.63) is 88.7 Å². The zero-order chi connectivity index (χ0) is 19.9. The number of allylic oxidation sites excluding steroid dienone is 6. The highest BCUT2D eigenvalue weighted by atomic mass is 19.4. The highest BCUT2D eigenvalue weighted by Gasteiger charge is 2.31.